The van der Waals surface area contributed by atoms with E-state index in [9.17, 15) is 22.0 Å². The average Bonchev–Trinajstić information content (AvgIpc) is 2.84. The number of halogens is 5. The second kappa shape index (κ2) is 7.26. The first-order valence-corrected chi connectivity index (χ1v) is 14.7. The van der Waals surface area contributed by atoms with Gasteiger partial charge in [-0.15, -0.1) is 0 Å². The summed E-state index contributed by atoms with van der Waals surface area (Å²) in [6.45, 7) is 5.92. The molecule has 4 atom stereocenters. The lowest BCUT2D eigenvalue weighted by Gasteiger charge is -2.37. The van der Waals surface area contributed by atoms with Crippen molar-refractivity contribution in [3.8, 4) is 0 Å². The van der Waals surface area contributed by atoms with Crippen LogP contribution in [0.1, 0.15) is 26.2 Å². The van der Waals surface area contributed by atoms with Gasteiger partial charge in [-0.1, -0.05) is 58.1 Å². The fraction of sp³-hybridized carbons (Fsp3) is 0.467. The molecule has 0 unspecified atom stereocenters. The van der Waals surface area contributed by atoms with Crippen molar-refractivity contribution >= 4 is 49.6 Å². The number of benzene rings is 1. The first kappa shape index (κ1) is 21.0. The van der Waals surface area contributed by atoms with Crippen molar-refractivity contribution in [1.82, 2.24) is 0 Å². The third kappa shape index (κ3) is 3.62. The second-order valence-electron chi connectivity index (χ2n) is 6.40. The number of hydrogen-bond donors (Lipinski definition) is 1. The molecule has 3 rings (SSSR count). The Morgan fingerprint density at radius 2 is 1.73 bits per heavy atom. The molecule has 2 aliphatic rings. The van der Waals surface area contributed by atoms with Crippen LogP contribution in [0.15, 0.2) is 17.0 Å². The van der Waals surface area contributed by atoms with Gasteiger partial charge in [0.25, 0.3) is 0 Å². The van der Waals surface area contributed by atoms with Gasteiger partial charge in [-0.2, -0.15) is 0 Å². The van der Waals surface area contributed by atoms with Crippen LogP contribution in [-0.4, -0.2) is 10.1 Å². The van der Waals surface area contributed by atoms with E-state index in [1.165, 1.54) is 22.8 Å². The molecule has 1 heterocycles. The van der Waals surface area contributed by atoms with Gasteiger partial charge in [0.05, 0.1) is 9.77 Å². The monoisotopic (exact) mass is 463 g/mol. The van der Waals surface area contributed by atoms with Crippen LogP contribution in [-0.2, 0) is 11.8 Å². The van der Waals surface area contributed by atoms with Gasteiger partial charge in [-0.3, -0.25) is 0 Å². The third-order valence-corrected chi connectivity index (χ3v) is 18.4. The molecule has 1 aromatic rings. The van der Waals surface area contributed by atoms with E-state index in [1.807, 2.05) is 6.92 Å². The molecule has 1 aliphatic carbocycles. The zero-order chi connectivity index (χ0) is 19.4. The van der Waals surface area contributed by atoms with E-state index in [-0.39, 0.29) is 5.25 Å². The Labute approximate surface area is 165 Å². The first-order valence-electron chi connectivity index (χ1n) is 7.62. The average molecular weight is 464 g/mol. The van der Waals surface area contributed by atoms with Gasteiger partial charge in [0.1, 0.15) is 3.64 Å². The van der Waals surface area contributed by atoms with Gasteiger partial charge in [-0.05, 0) is 32.1 Å². The van der Waals surface area contributed by atoms with E-state index >= 15 is 0 Å². The maximum atomic E-state index is 14.0. The van der Waals surface area contributed by atoms with Crippen LogP contribution in [0, 0.1) is 35.0 Å². The van der Waals surface area contributed by atoms with Gasteiger partial charge < -0.3 is 5.73 Å². The topological polar surface area (TPSA) is 26.0 Å². The lowest BCUT2D eigenvalue weighted by molar-refractivity contribution is 0.352. The largest absolute Gasteiger partial charge is 0.316 e. The molecule has 0 amide bonds. The van der Waals surface area contributed by atoms with E-state index in [0.717, 1.165) is 18.4 Å². The highest BCUT2D eigenvalue weighted by Crippen LogP contribution is 2.89. The molecule has 2 fully saturated rings. The van der Waals surface area contributed by atoms with Crippen LogP contribution in [0.2, 0.25) is 0 Å². The molecular formula is C15H15F5NPS4. The smallest absolute Gasteiger partial charge is 0.200 e. The summed E-state index contributed by atoms with van der Waals surface area (Å²) in [6, 6.07) is 0. The van der Waals surface area contributed by atoms with Gasteiger partial charge in [0.15, 0.2) is 23.3 Å². The zero-order valence-corrected chi connectivity index (χ0v) is 17.7. The molecule has 2 N–H and O–H groups in total. The third-order valence-electron chi connectivity index (χ3n) is 4.53. The summed E-state index contributed by atoms with van der Waals surface area (Å²) >= 11 is 8.80. The highest BCUT2D eigenvalue weighted by atomic mass is 33.5. The van der Waals surface area contributed by atoms with Gasteiger partial charge >= 0.3 is 0 Å². The summed E-state index contributed by atoms with van der Waals surface area (Å²) < 4.78 is 65.6. The van der Waals surface area contributed by atoms with E-state index in [4.69, 9.17) is 17.5 Å². The first-order chi connectivity index (χ1) is 12.0. The Morgan fingerprint density at radius 3 is 2.27 bits per heavy atom. The van der Waals surface area contributed by atoms with Crippen molar-refractivity contribution in [2.45, 2.75) is 41.2 Å². The lowest BCUT2D eigenvalue weighted by atomic mass is 9.82. The Morgan fingerprint density at radius 1 is 1.19 bits per heavy atom. The Hall–Kier alpha value is 0.270. The fourth-order valence-electron chi connectivity index (χ4n) is 3.02. The molecule has 11 heteroatoms. The number of allylic oxidation sites excluding steroid dienone is 1. The van der Waals surface area contributed by atoms with Gasteiger partial charge in [-0.25, -0.2) is 22.0 Å². The highest BCUT2D eigenvalue weighted by molar-refractivity contribution is 9.24. The van der Waals surface area contributed by atoms with Crippen LogP contribution in [0.4, 0.5) is 22.0 Å². The molecule has 0 bridgehead atoms. The predicted octanol–water partition coefficient (Wildman–Crippen LogP) is 6.58. The number of rotatable bonds is 3. The summed E-state index contributed by atoms with van der Waals surface area (Å²) in [5.41, 5.74) is 7.53. The normalized spacial score (nSPS) is 34.0. The van der Waals surface area contributed by atoms with Crippen molar-refractivity contribution < 1.29 is 22.0 Å². The van der Waals surface area contributed by atoms with Crippen molar-refractivity contribution in [2.75, 3.05) is 0 Å². The van der Waals surface area contributed by atoms with Crippen LogP contribution in [0.25, 0.3) is 0 Å². The standard InChI is InChI=1S/C15H15F5NPS4/c1-6(2)7-3-4-15(21)8(5-7)24-22(23,26-15)25-14-12(19)10(17)9(16)11(18)13(14)20/h7-8H,1,3-5,21H2,2H3/t7-,8+,15+,22+/m0/s1. The summed E-state index contributed by atoms with van der Waals surface area (Å²) in [7, 11) is 0. The summed E-state index contributed by atoms with van der Waals surface area (Å²) in [5.74, 6) is -9.45. The van der Waals surface area contributed by atoms with Crippen LogP contribution in [0.3, 0.4) is 0 Å². The van der Waals surface area contributed by atoms with Crippen molar-refractivity contribution in [1.29, 1.82) is 0 Å². The van der Waals surface area contributed by atoms with Crippen molar-refractivity contribution in [3.63, 3.8) is 0 Å². The maximum absolute atomic E-state index is 14.0. The van der Waals surface area contributed by atoms with E-state index in [1.54, 1.807) is 0 Å². The summed E-state index contributed by atoms with van der Waals surface area (Å²) in [4.78, 5) is -1.56. The molecule has 1 aromatic carbocycles. The molecule has 0 radical (unpaired) electrons. The summed E-state index contributed by atoms with van der Waals surface area (Å²) in [6.07, 6.45) is 2.26. The molecule has 0 aromatic heterocycles. The SMILES string of the molecule is C=C(C)[C@H]1CC[C@@]2(N)S[P@@](=S)(Sc3c(F)c(F)c(F)c(F)c3F)S[C@@H]2C1. The summed E-state index contributed by atoms with van der Waals surface area (Å²) in [5, 5.41) is -0.0393. The second-order valence-corrected chi connectivity index (χ2v) is 22.1. The fourth-order valence-corrected chi connectivity index (χ4v) is 21.0. The molecule has 1 saturated heterocycles. The Kier molecular flexibility index (Phi) is 5.86. The Balaban J connectivity index is 1.91. The number of hydrogen-bond acceptors (Lipinski definition) is 5. The lowest BCUT2D eigenvalue weighted by Crippen LogP contribution is -2.47. The quantitative estimate of drug-likeness (QED) is 0.180. The van der Waals surface area contributed by atoms with Crippen molar-refractivity contribution in [3.05, 3.63) is 41.2 Å². The molecule has 0 spiro atoms. The van der Waals surface area contributed by atoms with E-state index < -0.39 is 42.5 Å². The minimum atomic E-state index is -2.64. The van der Waals surface area contributed by atoms with E-state index in [0.29, 0.717) is 23.7 Å². The predicted molar refractivity (Wildman–Crippen MR) is 104 cm³/mol. The van der Waals surface area contributed by atoms with Gasteiger partial charge in [0.2, 0.25) is 5.82 Å². The maximum Gasteiger partial charge on any atom is 0.200 e. The molecular weight excluding hydrogens is 448 g/mol. The zero-order valence-electron chi connectivity index (χ0n) is 13.5. The minimum Gasteiger partial charge on any atom is -0.316 e. The van der Waals surface area contributed by atoms with Gasteiger partial charge in [0, 0.05) is 5.25 Å². The molecule has 1 nitrogen and oxygen atoms in total. The highest BCUT2D eigenvalue weighted by Gasteiger charge is 2.53. The Bertz CT molecular complexity index is 806. The van der Waals surface area contributed by atoms with Crippen molar-refractivity contribution in [2.24, 2.45) is 11.7 Å². The molecule has 1 aliphatic heterocycles. The molecule has 144 valence electrons. The van der Waals surface area contributed by atoms with Crippen LogP contribution >= 0.6 is 37.8 Å². The van der Waals surface area contributed by atoms with E-state index in [2.05, 4.69) is 6.58 Å². The number of fused-ring (bicyclic) bond motifs is 1. The minimum absolute atomic E-state index is 0.0393. The van der Waals surface area contributed by atoms with Crippen LogP contribution in [0.5, 0.6) is 0 Å². The van der Waals surface area contributed by atoms with Crippen LogP contribution < -0.4 is 5.73 Å². The molecule has 1 saturated carbocycles. The molecule has 26 heavy (non-hydrogen) atoms. The number of nitrogens with two attached hydrogens (primary N) is 1.